The van der Waals surface area contributed by atoms with Gasteiger partial charge in [-0.15, -0.1) is 0 Å². The lowest BCUT2D eigenvalue weighted by molar-refractivity contribution is -0.111. The van der Waals surface area contributed by atoms with Crippen molar-refractivity contribution in [1.82, 2.24) is 0 Å². The zero-order valence-electron chi connectivity index (χ0n) is 17.2. The number of hydrogen-bond acceptors (Lipinski definition) is 3. The van der Waals surface area contributed by atoms with Crippen LogP contribution < -0.4 is 14.8 Å². The van der Waals surface area contributed by atoms with Crippen molar-refractivity contribution >= 4 is 29.3 Å². The highest BCUT2D eigenvalue weighted by atomic mass is 35.5. The first kappa shape index (κ1) is 21.5. The molecule has 0 aliphatic rings. The minimum atomic E-state index is -0.242. The van der Waals surface area contributed by atoms with E-state index >= 15 is 0 Å². The standard InChI is InChI=1S/C25H24ClNO3/c1-17-6-4-5-7-20(17)16-30-23-12-9-19(14-24(23)29-3)10-13-25(28)27-21-11-8-18(2)22(26)15-21/h4-15H,16H2,1-3H3,(H,27,28)/b13-10+. The van der Waals surface area contributed by atoms with Crippen LogP contribution >= 0.6 is 11.6 Å². The first-order valence-corrected chi connectivity index (χ1v) is 9.94. The predicted molar refractivity (Wildman–Crippen MR) is 122 cm³/mol. The molecule has 154 valence electrons. The maximum atomic E-state index is 12.2. The highest BCUT2D eigenvalue weighted by molar-refractivity contribution is 6.31. The molecule has 3 aromatic rings. The van der Waals surface area contributed by atoms with Crippen LogP contribution in [-0.4, -0.2) is 13.0 Å². The number of carbonyl (C=O) groups excluding carboxylic acids is 1. The van der Waals surface area contributed by atoms with Crippen LogP contribution in [0, 0.1) is 13.8 Å². The molecule has 3 rings (SSSR count). The SMILES string of the molecule is COc1cc(/C=C/C(=O)Nc2ccc(C)c(Cl)c2)ccc1OCc1ccccc1C. The number of methoxy groups -OCH3 is 1. The maximum Gasteiger partial charge on any atom is 0.248 e. The van der Waals surface area contributed by atoms with Crippen molar-refractivity contribution in [3.05, 3.63) is 94.0 Å². The first-order valence-electron chi connectivity index (χ1n) is 9.57. The molecule has 5 heteroatoms. The second-order valence-electron chi connectivity index (χ2n) is 6.91. The normalized spacial score (nSPS) is 10.8. The molecule has 0 spiro atoms. The van der Waals surface area contributed by atoms with E-state index in [9.17, 15) is 4.79 Å². The summed E-state index contributed by atoms with van der Waals surface area (Å²) >= 11 is 6.10. The van der Waals surface area contributed by atoms with Gasteiger partial charge in [-0.25, -0.2) is 0 Å². The Morgan fingerprint density at radius 1 is 1.00 bits per heavy atom. The summed E-state index contributed by atoms with van der Waals surface area (Å²) in [6.07, 6.45) is 3.19. The molecule has 1 amide bonds. The van der Waals surface area contributed by atoms with Crippen LogP contribution in [0.2, 0.25) is 5.02 Å². The van der Waals surface area contributed by atoms with Crippen LogP contribution in [0.5, 0.6) is 11.5 Å². The number of hydrogen-bond donors (Lipinski definition) is 1. The lowest BCUT2D eigenvalue weighted by Crippen LogP contribution is -2.07. The van der Waals surface area contributed by atoms with Gasteiger partial charge in [0.15, 0.2) is 11.5 Å². The van der Waals surface area contributed by atoms with Gasteiger partial charge in [0.1, 0.15) is 6.61 Å². The van der Waals surface area contributed by atoms with Crippen molar-refractivity contribution in [2.24, 2.45) is 0 Å². The molecule has 0 saturated carbocycles. The summed E-state index contributed by atoms with van der Waals surface area (Å²) < 4.78 is 11.4. The van der Waals surface area contributed by atoms with Gasteiger partial charge in [-0.05, 0) is 66.4 Å². The number of benzene rings is 3. The molecule has 4 nitrogen and oxygen atoms in total. The summed E-state index contributed by atoms with van der Waals surface area (Å²) in [5, 5.41) is 3.41. The van der Waals surface area contributed by atoms with E-state index in [0.717, 1.165) is 16.7 Å². The molecule has 0 heterocycles. The molecule has 30 heavy (non-hydrogen) atoms. The Balaban J connectivity index is 1.65. The van der Waals surface area contributed by atoms with Gasteiger partial charge in [0.25, 0.3) is 0 Å². The fourth-order valence-electron chi connectivity index (χ4n) is 2.86. The highest BCUT2D eigenvalue weighted by Gasteiger charge is 2.07. The molecule has 3 aromatic carbocycles. The van der Waals surface area contributed by atoms with E-state index in [4.69, 9.17) is 21.1 Å². The highest BCUT2D eigenvalue weighted by Crippen LogP contribution is 2.29. The van der Waals surface area contributed by atoms with Gasteiger partial charge < -0.3 is 14.8 Å². The summed E-state index contributed by atoms with van der Waals surface area (Å²) in [4.78, 5) is 12.2. The van der Waals surface area contributed by atoms with E-state index in [-0.39, 0.29) is 5.91 Å². The third-order valence-corrected chi connectivity index (χ3v) is 5.11. The van der Waals surface area contributed by atoms with Gasteiger partial charge in [-0.2, -0.15) is 0 Å². The monoisotopic (exact) mass is 421 g/mol. The lowest BCUT2D eigenvalue weighted by Gasteiger charge is -2.12. The third kappa shape index (κ3) is 5.65. The number of rotatable bonds is 7. The minimum Gasteiger partial charge on any atom is -0.493 e. The van der Waals surface area contributed by atoms with Gasteiger partial charge in [0, 0.05) is 16.8 Å². The largest absolute Gasteiger partial charge is 0.493 e. The zero-order chi connectivity index (χ0) is 21.5. The van der Waals surface area contributed by atoms with Crippen LogP contribution in [-0.2, 0) is 11.4 Å². The van der Waals surface area contributed by atoms with Crippen LogP contribution in [0.15, 0.2) is 66.7 Å². The molecule has 0 aliphatic carbocycles. The summed E-state index contributed by atoms with van der Waals surface area (Å²) in [5.41, 5.74) is 4.74. The van der Waals surface area contributed by atoms with Crippen LogP contribution in [0.3, 0.4) is 0 Å². The average molecular weight is 422 g/mol. The van der Waals surface area contributed by atoms with Crippen molar-refractivity contribution in [3.8, 4) is 11.5 Å². The van der Waals surface area contributed by atoms with E-state index in [1.165, 1.54) is 11.6 Å². The predicted octanol–water partition coefficient (Wildman–Crippen LogP) is 6.20. The van der Waals surface area contributed by atoms with Crippen molar-refractivity contribution in [1.29, 1.82) is 0 Å². The number of amides is 1. The van der Waals surface area contributed by atoms with E-state index in [1.54, 1.807) is 19.3 Å². The molecule has 0 unspecified atom stereocenters. The number of aryl methyl sites for hydroxylation is 2. The second kappa shape index (κ2) is 9.99. The van der Waals surface area contributed by atoms with Crippen molar-refractivity contribution in [2.75, 3.05) is 12.4 Å². The molecule has 0 atom stereocenters. The third-order valence-electron chi connectivity index (χ3n) is 4.70. The van der Waals surface area contributed by atoms with E-state index in [2.05, 4.69) is 18.3 Å². The summed E-state index contributed by atoms with van der Waals surface area (Å²) in [6.45, 7) is 4.43. The average Bonchev–Trinajstić information content (AvgIpc) is 2.74. The Bertz CT molecular complexity index is 1080. The summed E-state index contributed by atoms with van der Waals surface area (Å²) in [6, 6.07) is 19.1. The Hall–Kier alpha value is -3.24. The Kier molecular flexibility index (Phi) is 7.15. The number of halogens is 1. The number of ether oxygens (including phenoxy) is 2. The van der Waals surface area contributed by atoms with Gasteiger partial charge in [0.05, 0.1) is 7.11 Å². The second-order valence-corrected chi connectivity index (χ2v) is 7.32. The first-order chi connectivity index (χ1) is 14.5. The quantitative estimate of drug-likeness (QED) is 0.462. The van der Waals surface area contributed by atoms with E-state index in [1.807, 2.05) is 55.5 Å². The lowest BCUT2D eigenvalue weighted by atomic mass is 10.1. The molecule has 0 radical (unpaired) electrons. The van der Waals surface area contributed by atoms with Gasteiger partial charge >= 0.3 is 0 Å². The molecule has 0 saturated heterocycles. The Morgan fingerprint density at radius 2 is 1.80 bits per heavy atom. The number of anilines is 1. The molecule has 0 bridgehead atoms. The zero-order valence-corrected chi connectivity index (χ0v) is 18.0. The summed E-state index contributed by atoms with van der Waals surface area (Å²) in [7, 11) is 1.59. The van der Waals surface area contributed by atoms with Gasteiger partial charge in [-0.3, -0.25) is 4.79 Å². The van der Waals surface area contributed by atoms with Gasteiger partial charge in [-0.1, -0.05) is 48.0 Å². The molecule has 0 aliphatic heterocycles. The fraction of sp³-hybridized carbons (Fsp3) is 0.160. The summed E-state index contributed by atoms with van der Waals surface area (Å²) in [5.74, 6) is 1.02. The molecule has 0 fully saturated rings. The van der Waals surface area contributed by atoms with Crippen molar-refractivity contribution < 1.29 is 14.3 Å². The fourth-order valence-corrected chi connectivity index (χ4v) is 3.04. The Labute approximate surface area is 182 Å². The van der Waals surface area contributed by atoms with Crippen LogP contribution in [0.4, 0.5) is 5.69 Å². The Morgan fingerprint density at radius 3 is 2.53 bits per heavy atom. The molecular formula is C25H24ClNO3. The van der Waals surface area contributed by atoms with Crippen molar-refractivity contribution in [2.45, 2.75) is 20.5 Å². The van der Waals surface area contributed by atoms with Gasteiger partial charge in [0.2, 0.25) is 5.91 Å². The molecule has 1 N–H and O–H groups in total. The van der Waals surface area contributed by atoms with E-state index < -0.39 is 0 Å². The number of nitrogens with one attached hydrogen (secondary N) is 1. The van der Waals surface area contributed by atoms with Crippen molar-refractivity contribution in [3.63, 3.8) is 0 Å². The molecular weight excluding hydrogens is 398 g/mol. The molecule has 0 aromatic heterocycles. The number of carbonyl (C=O) groups is 1. The van der Waals surface area contributed by atoms with Crippen LogP contribution in [0.25, 0.3) is 6.08 Å². The minimum absolute atomic E-state index is 0.242. The maximum absolute atomic E-state index is 12.2. The topological polar surface area (TPSA) is 47.6 Å². The smallest absolute Gasteiger partial charge is 0.248 e. The van der Waals surface area contributed by atoms with Crippen LogP contribution in [0.1, 0.15) is 22.3 Å². The van der Waals surface area contributed by atoms with E-state index in [0.29, 0.717) is 28.8 Å².